The minimum atomic E-state index is -0.505. The second-order valence-electron chi connectivity index (χ2n) is 4.10. The number of hydrogen-bond donors (Lipinski definition) is 3. The number of nitrogen functional groups attached to an aromatic ring is 1. The SMILES string of the molecule is CCn1c(SCc2ccc([N+](=O)[O-])c(NN)c2)n[nH]c1=O. The maximum atomic E-state index is 11.4. The van der Waals surface area contributed by atoms with Gasteiger partial charge in [-0.05, 0) is 18.6 Å². The van der Waals surface area contributed by atoms with Crippen LogP contribution < -0.4 is 17.0 Å². The number of benzene rings is 1. The first-order valence-corrected chi connectivity index (χ1v) is 7.07. The molecule has 0 amide bonds. The third-order valence-corrected chi connectivity index (χ3v) is 3.87. The summed E-state index contributed by atoms with van der Waals surface area (Å²) in [6.07, 6.45) is 0. The number of aromatic nitrogens is 3. The first-order valence-electron chi connectivity index (χ1n) is 6.08. The number of thioether (sulfide) groups is 1. The quantitative estimate of drug-likeness (QED) is 0.315. The second-order valence-corrected chi connectivity index (χ2v) is 5.04. The molecular formula is C11H14N6O3S. The molecule has 0 bridgehead atoms. The van der Waals surface area contributed by atoms with Crippen LogP contribution in [-0.2, 0) is 12.3 Å². The number of aromatic amines is 1. The van der Waals surface area contributed by atoms with Crippen molar-refractivity contribution in [1.82, 2.24) is 14.8 Å². The Morgan fingerprint density at radius 2 is 2.33 bits per heavy atom. The average Bonchev–Trinajstić information content (AvgIpc) is 2.84. The molecule has 4 N–H and O–H groups in total. The highest BCUT2D eigenvalue weighted by Crippen LogP contribution is 2.27. The highest BCUT2D eigenvalue weighted by atomic mass is 32.2. The zero-order valence-electron chi connectivity index (χ0n) is 11.2. The van der Waals surface area contributed by atoms with E-state index in [1.165, 1.54) is 22.4 Å². The Hall–Kier alpha value is -2.33. The highest BCUT2D eigenvalue weighted by Gasteiger charge is 2.14. The molecule has 2 rings (SSSR count). The van der Waals surface area contributed by atoms with Crippen LogP contribution in [0.1, 0.15) is 12.5 Å². The molecule has 0 spiro atoms. The van der Waals surface area contributed by atoms with Gasteiger partial charge in [0.1, 0.15) is 5.69 Å². The van der Waals surface area contributed by atoms with Crippen LogP contribution in [0.15, 0.2) is 28.2 Å². The van der Waals surface area contributed by atoms with Crippen LogP contribution in [0.2, 0.25) is 0 Å². The van der Waals surface area contributed by atoms with Crippen molar-refractivity contribution in [2.24, 2.45) is 5.84 Å². The predicted octanol–water partition coefficient (Wildman–Crippen LogP) is 1.08. The van der Waals surface area contributed by atoms with E-state index in [2.05, 4.69) is 15.6 Å². The molecule has 1 aromatic carbocycles. The Balaban J connectivity index is 2.17. The lowest BCUT2D eigenvalue weighted by atomic mass is 10.2. The summed E-state index contributed by atoms with van der Waals surface area (Å²) in [5, 5.41) is 17.7. The van der Waals surface area contributed by atoms with Gasteiger partial charge in [-0.15, -0.1) is 5.10 Å². The van der Waals surface area contributed by atoms with E-state index in [9.17, 15) is 14.9 Å². The van der Waals surface area contributed by atoms with E-state index < -0.39 is 4.92 Å². The van der Waals surface area contributed by atoms with E-state index in [1.807, 2.05) is 6.92 Å². The predicted molar refractivity (Wildman–Crippen MR) is 79.0 cm³/mol. The molecule has 1 heterocycles. The number of nitrogens with one attached hydrogen (secondary N) is 2. The number of H-pyrrole nitrogens is 1. The summed E-state index contributed by atoms with van der Waals surface area (Å²) < 4.78 is 1.51. The van der Waals surface area contributed by atoms with Gasteiger partial charge in [-0.25, -0.2) is 9.89 Å². The standard InChI is InChI=1S/C11H14N6O3S/c1-2-16-10(18)14-15-11(16)21-6-7-3-4-9(17(19)20)8(5-7)13-12/h3-5,13H,2,6,12H2,1H3,(H,14,18). The summed E-state index contributed by atoms with van der Waals surface area (Å²) in [7, 11) is 0. The van der Waals surface area contributed by atoms with Crippen molar-refractivity contribution in [3.05, 3.63) is 44.4 Å². The molecule has 0 unspecified atom stereocenters. The zero-order valence-corrected chi connectivity index (χ0v) is 12.0. The Morgan fingerprint density at radius 3 is 2.95 bits per heavy atom. The molecule has 0 radical (unpaired) electrons. The van der Waals surface area contributed by atoms with Gasteiger partial charge < -0.3 is 5.43 Å². The van der Waals surface area contributed by atoms with Crippen LogP contribution >= 0.6 is 11.8 Å². The first-order chi connectivity index (χ1) is 10.1. The van der Waals surface area contributed by atoms with Gasteiger partial charge in [0, 0.05) is 18.4 Å². The number of hydrogen-bond acceptors (Lipinski definition) is 7. The Bertz CT molecular complexity index is 710. The molecule has 0 atom stereocenters. The molecule has 0 saturated carbocycles. The monoisotopic (exact) mass is 310 g/mol. The minimum absolute atomic E-state index is 0.0866. The smallest absolute Gasteiger partial charge is 0.318 e. The Labute approximate surface area is 123 Å². The molecule has 0 aliphatic rings. The van der Waals surface area contributed by atoms with Crippen molar-refractivity contribution in [3.8, 4) is 0 Å². The lowest BCUT2D eigenvalue weighted by Gasteiger charge is -2.06. The van der Waals surface area contributed by atoms with E-state index in [1.54, 1.807) is 12.1 Å². The third-order valence-electron chi connectivity index (χ3n) is 2.82. The fourth-order valence-corrected chi connectivity index (χ4v) is 2.74. The number of nitrogens with zero attached hydrogens (tertiary/aromatic N) is 3. The average molecular weight is 310 g/mol. The van der Waals surface area contributed by atoms with E-state index in [-0.39, 0.29) is 17.1 Å². The zero-order chi connectivity index (χ0) is 15.4. The second kappa shape index (κ2) is 6.41. The number of nitro groups is 1. The fourth-order valence-electron chi connectivity index (χ4n) is 1.79. The van der Waals surface area contributed by atoms with Gasteiger partial charge in [0.25, 0.3) is 5.69 Å². The van der Waals surface area contributed by atoms with Crippen LogP contribution in [0.3, 0.4) is 0 Å². The molecule has 112 valence electrons. The number of nitro benzene ring substituents is 1. The molecule has 0 fully saturated rings. The van der Waals surface area contributed by atoms with Crippen LogP contribution in [0.25, 0.3) is 0 Å². The number of anilines is 1. The summed E-state index contributed by atoms with van der Waals surface area (Å²) in [6, 6.07) is 4.64. The van der Waals surface area contributed by atoms with Crippen molar-refractivity contribution in [2.45, 2.75) is 24.4 Å². The van der Waals surface area contributed by atoms with E-state index in [0.29, 0.717) is 17.5 Å². The lowest BCUT2D eigenvalue weighted by Crippen LogP contribution is -2.16. The normalized spacial score (nSPS) is 10.6. The van der Waals surface area contributed by atoms with Crippen molar-refractivity contribution >= 4 is 23.1 Å². The minimum Gasteiger partial charge on any atom is -0.318 e. The van der Waals surface area contributed by atoms with Crippen molar-refractivity contribution in [3.63, 3.8) is 0 Å². The Kier molecular flexibility index (Phi) is 4.60. The van der Waals surface area contributed by atoms with Gasteiger partial charge in [-0.2, -0.15) is 0 Å². The summed E-state index contributed by atoms with van der Waals surface area (Å²) in [4.78, 5) is 21.7. The summed E-state index contributed by atoms with van der Waals surface area (Å²) in [5.41, 5.74) is 3.04. The highest BCUT2D eigenvalue weighted by molar-refractivity contribution is 7.98. The largest absolute Gasteiger partial charge is 0.343 e. The van der Waals surface area contributed by atoms with Crippen molar-refractivity contribution < 1.29 is 4.92 Å². The van der Waals surface area contributed by atoms with E-state index in [4.69, 9.17) is 5.84 Å². The van der Waals surface area contributed by atoms with Crippen molar-refractivity contribution in [1.29, 1.82) is 0 Å². The van der Waals surface area contributed by atoms with Gasteiger partial charge in [0.2, 0.25) is 0 Å². The number of rotatable bonds is 6. The van der Waals surface area contributed by atoms with Crippen LogP contribution in [0, 0.1) is 10.1 Å². The van der Waals surface area contributed by atoms with Crippen molar-refractivity contribution in [2.75, 3.05) is 5.43 Å². The van der Waals surface area contributed by atoms with E-state index in [0.717, 1.165) is 5.56 Å². The molecule has 10 heteroatoms. The summed E-state index contributed by atoms with van der Waals surface area (Å²) in [5.74, 6) is 5.80. The van der Waals surface area contributed by atoms with Gasteiger partial charge in [0.05, 0.1) is 4.92 Å². The molecule has 0 aliphatic heterocycles. The Morgan fingerprint density at radius 1 is 1.57 bits per heavy atom. The van der Waals surface area contributed by atoms with Gasteiger partial charge in [-0.3, -0.25) is 20.5 Å². The summed E-state index contributed by atoms with van der Waals surface area (Å²) >= 11 is 1.36. The number of nitrogens with two attached hydrogens (primary N) is 1. The maximum Gasteiger partial charge on any atom is 0.343 e. The maximum absolute atomic E-state index is 11.4. The van der Waals surface area contributed by atoms with E-state index >= 15 is 0 Å². The molecule has 1 aromatic heterocycles. The third kappa shape index (κ3) is 3.23. The van der Waals surface area contributed by atoms with Gasteiger partial charge in [-0.1, -0.05) is 17.8 Å². The lowest BCUT2D eigenvalue weighted by molar-refractivity contribution is -0.384. The molecule has 9 nitrogen and oxygen atoms in total. The molecule has 21 heavy (non-hydrogen) atoms. The first kappa shape index (κ1) is 15.1. The van der Waals surface area contributed by atoms with Gasteiger partial charge >= 0.3 is 5.69 Å². The van der Waals surface area contributed by atoms with Crippen LogP contribution in [0.5, 0.6) is 0 Å². The van der Waals surface area contributed by atoms with Crippen LogP contribution in [0.4, 0.5) is 11.4 Å². The number of hydrazine groups is 1. The molecule has 0 saturated heterocycles. The molecule has 2 aromatic rings. The van der Waals surface area contributed by atoms with Crippen LogP contribution in [-0.4, -0.2) is 19.7 Å². The molecular weight excluding hydrogens is 296 g/mol. The topological polar surface area (TPSA) is 132 Å². The summed E-state index contributed by atoms with van der Waals surface area (Å²) in [6.45, 7) is 2.37. The molecule has 0 aliphatic carbocycles. The fraction of sp³-hybridized carbons (Fsp3) is 0.273. The van der Waals surface area contributed by atoms with Gasteiger partial charge in [0.15, 0.2) is 5.16 Å².